The minimum atomic E-state index is 0.584. The van der Waals surface area contributed by atoms with E-state index in [0.717, 1.165) is 22.9 Å². The van der Waals surface area contributed by atoms with E-state index in [-0.39, 0.29) is 0 Å². The maximum Gasteiger partial charge on any atom is 0.239 e. The maximum atomic E-state index is 4.90. The summed E-state index contributed by atoms with van der Waals surface area (Å²) in [6, 6.07) is 26.4. The molecule has 5 nitrogen and oxygen atoms in total. The Kier molecular flexibility index (Phi) is 5.44. The highest BCUT2D eigenvalue weighted by atomic mass is 15.3. The molecular weight excluding hydrogens is 370 g/mol. The first kappa shape index (κ1) is 19.6. The van der Waals surface area contributed by atoms with Gasteiger partial charge in [-0.25, -0.2) is 9.56 Å². The number of rotatable bonds is 4. The first-order valence-corrected chi connectivity index (χ1v) is 9.93. The van der Waals surface area contributed by atoms with E-state index in [2.05, 4.69) is 50.2 Å². The second-order valence-corrected chi connectivity index (χ2v) is 7.53. The second kappa shape index (κ2) is 8.33. The molecule has 150 valence electrons. The van der Waals surface area contributed by atoms with Crippen LogP contribution in [0.4, 0.5) is 11.6 Å². The second-order valence-electron chi connectivity index (χ2n) is 7.53. The van der Waals surface area contributed by atoms with E-state index in [4.69, 9.17) is 15.0 Å². The molecule has 4 rings (SSSR count). The minimum Gasteiger partial charge on any atom is -0.348 e. The highest BCUT2D eigenvalue weighted by Crippen LogP contribution is 2.20. The summed E-state index contributed by atoms with van der Waals surface area (Å²) in [5.41, 5.74) is 5.75. The Bertz CT molecular complexity index is 1210. The van der Waals surface area contributed by atoms with Crippen molar-refractivity contribution in [1.82, 2.24) is 14.5 Å². The van der Waals surface area contributed by atoms with Crippen molar-refractivity contribution in [3.63, 3.8) is 0 Å². The van der Waals surface area contributed by atoms with Crippen molar-refractivity contribution in [3.05, 3.63) is 95.6 Å². The molecule has 0 bridgehead atoms. The fraction of sp³-hybridized carbons (Fsp3) is 0.160. The largest absolute Gasteiger partial charge is 0.348 e. The standard InChI is InChI=1S/C25H25N5/c1-18-10-14-21(15-11-18)26-24-27-23(20-8-6-5-7-9-20)28-25(29(3)4)30(24)22-16-12-19(2)13-17-22/h5-17H,1-4H3. The topological polar surface area (TPSA) is 46.3 Å². The van der Waals surface area contributed by atoms with Gasteiger partial charge in [-0.05, 0) is 38.1 Å². The van der Waals surface area contributed by atoms with Crippen LogP contribution in [0.15, 0.2) is 83.9 Å². The summed E-state index contributed by atoms with van der Waals surface area (Å²) in [5.74, 6) is 1.41. The van der Waals surface area contributed by atoms with Gasteiger partial charge in [0.05, 0.1) is 11.4 Å². The molecule has 0 aliphatic rings. The summed E-state index contributed by atoms with van der Waals surface area (Å²) in [6.07, 6.45) is 0. The quantitative estimate of drug-likeness (QED) is 0.496. The molecule has 0 saturated heterocycles. The van der Waals surface area contributed by atoms with E-state index < -0.39 is 0 Å². The van der Waals surface area contributed by atoms with Gasteiger partial charge in [-0.3, -0.25) is 0 Å². The molecule has 4 aromatic rings. The summed E-state index contributed by atoms with van der Waals surface area (Å²) in [5, 5.41) is 0. The van der Waals surface area contributed by atoms with Crippen LogP contribution in [-0.2, 0) is 0 Å². The average Bonchev–Trinajstić information content (AvgIpc) is 2.76. The lowest BCUT2D eigenvalue weighted by Gasteiger charge is -2.20. The van der Waals surface area contributed by atoms with Crippen molar-refractivity contribution < 1.29 is 0 Å². The molecule has 0 saturated carbocycles. The van der Waals surface area contributed by atoms with Crippen LogP contribution in [0.2, 0.25) is 0 Å². The summed E-state index contributed by atoms with van der Waals surface area (Å²) in [7, 11) is 3.97. The van der Waals surface area contributed by atoms with Crippen molar-refractivity contribution in [2.75, 3.05) is 19.0 Å². The van der Waals surface area contributed by atoms with Crippen molar-refractivity contribution in [2.45, 2.75) is 13.8 Å². The zero-order valence-electron chi connectivity index (χ0n) is 17.7. The first-order valence-electron chi connectivity index (χ1n) is 9.93. The molecule has 0 N–H and O–H groups in total. The van der Waals surface area contributed by atoms with Crippen LogP contribution in [-0.4, -0.2) is 28.6 Å². The third-order valence-electron chi connectivity index (χ3n) is 4.80. The fourth-order valence-corrected chi connectivity index (χ4v) is 3.15. The lowest BCUT2D eigenvalue weighted by atomic mass is 10.2. The van der Waals surface area contributed by atoms with E-state index in [1.54, 1.807) is 0 Å². The SMILES string of the molecule is Cc1ccc(N=c2nc(-c3ccccc3)nc(N(C)C)n2-c2ccc(C)cc2)cc1. The van der Waals surface area contributed by atoms with Crippen LogP contribution >= 0.6 is 0 Å². The van der Waals surface area contributed by atoms with Crippen molar-refractivity contribution >= 4 is 11.6 Å². The van der Waals surface area contributed by atoms with Gasteiger partial charge in [0.1, 0.15) is 0 Å². The lowest BCUT2D eigenvalue weighted by Crippen LogP contribution is -2.30. The normalized spacial score (nSPS) is 11.5. The number of hydrogen-bond donors (Lipinski definition) is 0. The lowest BCUT2D eigenvalue weighted by molar-refractivity contribution is 0.805. The third-order valence-corrected chi connectivity index (χ3v) is 4.80. The Morgan fingerprint density at radius 1 is 0.733 bits per heavy atom. The molecule has 0 atom stereocenters. The van der Waals surface area contributed by atoms with Crippen molar-refractivity contribution in [3.8, 4) is 17.1 Å². The molecule has 0 spiro atoms. The van der Waals surface area contributed by atoms with Gasteiger partial charge in [-0.2, -0.15) is 9.97 Å². The van der Waals surface area contributed by atoms with Gasteiger partial charge in [0, 0.05) is 19.7 Å². The van der Waals surface area contributed by atoms with Gasteiger partial charge >= 0.3 is 0 Å². The molecule has 1 heterocycles. The molecule has 0 fully saturated rings. The predicted octanol–water partition coefficient (Wildman–Crippen LogP) is 4.85. The number of aromatic nitrogens is 3. The van der Waals surface area contributed by atoms with Gasteiger partial charge in [-0.1, -0.05) is 65.7 Å². The van der Waals surface area contributed by atoms with E-state index in [1.165, 1.54) is 11.1 Å². The number of benzene rings is 3. The number of hydrogen-bond acceptors (Lipinski definition) is 4. The first-order chi connectivity index (χ1) is 14.5. The smallest absolute Gasteiger partial charge is 0.239 e. The molecule has 0 radical (unpaired) electrons. The highest BCUT2D eigenvalue weighted by molar-refractivity contribution is 5.57. The summed E-state index contributed by atoms with van der Waals surface area (Å²) < 4.78 is 1.99. The van der Waals surface area contributed by atoms with E-state index in [1.807, 2.05) is 66.0 Å². The Balaban J connectivity index is 2.03. The van der Waals surface area contributed by atoms with Gasteiger partial charge in [0.25, 0.3) is 0 Å². The Labute approximate surface area is 177 Å². The van der Waals surface area contributed by atoms with Crippen molar-refractivity contribution in [1.29, 1.82) is 0 Å². The van der Waals surface area contributed by atoms with Crippen LogP contribution in [0.5, 0.6) is 0 Å². The Morgan fingerprint density at radius 3 is 1.93 bits per heavy atom. The van der Waals surface area contributed by atoms with Crippen LogP contribution in [0.3, 0.4) is 0 Å². The van der Waals surface area contributed by atoms with Gasteiger partial charge in [0.15, 0.2) is 5.82 Å². The molecule has 3 aromatic carbocycles. The van der Waals surface area contributed by atoms with Crippen LogP contribution in [0.25, 0.3) is 17.1 Å². The molecule has 0 unspecified atom stereocenters. The molecule has 5 heteroatoms. The monoisotopic (exact) mass is 395 g/mol. The van der Waals surface area contributed by atoms with Crippen molar-refractivity contribution in [2.24, 2.45) is 4.99 Å². The zero-order chi connectivity index (χ0) is 21.1. The van der Waals surface area contributed by atoms with Gasteiger partial charge in [-0.15, -0.1) is 0 Å². The molecule has 30 heavy (non-hydrogen) atoms. The highest BCUT2D eigenvalue weighted by Gasteiger charge is 2.14. The summed E-state index contributed by atoms with van der Waals surface area (Å²) >= 11 is 0. The maximum absolute atomic E-state index is 4.90. The Hall–Kier alpha value is -3.73. The summed E-state index contributed by atoms with van der Waals surface area (Å²) in [4.78, 5) is 16.6. The number of anilines is 1. The van der Waals surface area contributed by atoms with E-state index in [9.17, 15) is 0 Å². The van der Waals surface area contributed by atoms with Gasteiger partial charge < -0.3 is 4.90 Å². The minimum absolute atomic E-state index is 0.584. The average molecular weight is 396 g/mol. The van der Waals surface area contributed by atoms with E-state index >= 15 is 0 Å². The molecule has 1 aromatic heterocycles. The third kappa shape index (κ3) is 4.15. The Morgan fingerprint density at radius 2 is 1.33 bits per heavy atom. The zero-order valence-corrected chi connectivity index (χ0v) is 17.7. The number of nitrogens with zero attached hydrogens (tertiary/aromatic N) is 5. The fourth-order valence-electron chi connectivity index (χ4n) is 3.15. The van der Waals surface area contributed by atoms with Crippen LogP contribution in [0.1, 0.15) is 11.1 Å². The van der Waals surface area contributed by atoms with E-state index in [0.29, 0.717) is 11.4 Å². The molecular formula is C25H25N5. The van der Waals surface area contributed by atoms with Crippen LogP contribution < -0.4 is 10.5 Å². The predicted molar refractivity (Wildman–Crippen MR) is 122 cm³/mol. The number of aryl methyl sites for hydroxylation is 2. The summed E-state index contributed by atoms with van der Waals surface area (Å²) in [6.45, 7) is 4.15. The molecule has 0 aliphatic carbocycles. The van der Waals surface area contributed by atoms with Gasteiger partial charge in [0.2, 0.25) is 11.6 Å². The molecule has 0 aliphatic heterocycles. The van der Waals surface area contributed by atoms with Crippen LogP contribution in [0, 0.1) is 13.8 Å². The molecule has 0 amide bonds.